The first-order valence-corrected chi connectivity index (χ1v) is 8.35. The average Bonchev–Trinajstić information content (AvgIpc) is 2.90. The molecule has 2 aromatic heterocycles. The van der Waals surface area contributed by atoms with E-state index in [1.54, 1.807) is 0 Å². The number of halogens is 3. The van der Waals surface area contributed by atoms with Gasteiger partial charge >= 0.3 is 0 Å². The molecule has 2 aromatic rings. The summed E-state index contributed by atoms with van der Waals surface area (Å²) in [5, 5.41) is 7.61. The highest BCUT2D eigenvalue weighted by molar-refractivity contribution is 6.34. The minimum Gasteiger partial charge on any atom is -0.384 e. The molecule has 2 aliphatic rings. The molecule has 0 aromatic carbocycles. The number of piperidine rings is 1. The number of fused-ring (bicyclic) bond motifs is 2. The average molecular weight is 398 g/mol. The Morgan fingerprint density at radius 3 is 2.78 bits per heavy atom. The number of nitrogens with zero attached hydrogens (tertiary/aromatic N) is 3. The largest absolute Gasteiger partial charge is 0.384 e. The van der Waals surface area contributed by atoms with Crippen LogP contribution in [-0.4, -0.2) is 39.5 Å². The Morgan fingerprint density at radius 1 is 1.30 bits per heavy atom. The third-order valence-corrected chi connectivity index (χ3v) is 4.91. The molecular formula is C15H14ClF2N7O2. The second kappa shape index (κ2) is 5.86. The maximum atomic E-state index is 14.8. The van der Waals surface area contributed by atoms with Crippen molar-refractivity contribution in [3.05, 3.63) is 39.5 Å². The molecule has 12 heteroatoms. The highest BCUT2D eigenvalue weighted by Gasteiger charge is 2.62. The Morgan fingerprint density at radius 2 is 2.07 bits per heavy atom. The number of anilines is 3. The van der Waals surface area contributed by atoms with Crippen LogP contribution in [-0.2, 0) is 5.66 Å². The van der Waals surface area contributed by atoms with Crippen LogP contribution in [0.25, 0.3) is 0 Å². The van der Waals surface area contributed by atoms with Gasteiger partial charge in [-0.05, 0) is 6.07 Å². The Hall–Kier alpha value is -2.79. The summed E-state index contributed by atoms with van der Waals surface area (Å²) < 4.78 is 30.4. The van der Waals surface area contributed by atoms with Gasteiger partial charge in [0.2, 0.25) is 0 Å². The topological polar surface area (TPSA) is 127 Å². The van der Waals surface area contributed by atoms with Crippen LogP contribution in [0.3, 0.4) is 0 Å². The van der Waals surface area contributed by atoms with Crippen LogP contribution in [0.4, 0.5) is 26.1 Å². The molecule has 1 fully saturated rings. The first kappa shape index (κ1) is 17.6. The fraction of sp³-hybridized carbons (Fsp3) is 0.333. The van der Waals surface area contributed by atoms with Crippen LogP contribution in [0.1, 0.15) is 16.9 Å². The van der Waals surface area contributed by atoms with Gasteiger partial charge in [-0.3, -0.25) is 14.2 Å². The van der Waals surface area contributed by atoms with Crippen molar-refractivity contribution >= 4 is 34.8 Å². The quantitative estimate of drug-likeness (QED) is 0.585. The summed E-state index contributed by atoms with van der Waals surface area (Å²) >= 11 is 6.15. The number of carbonyl (C=O) groups excluding carboxylic acids is 1. The van der Waals surface area contributed by atoms with Crippen molar-refractivity contribution < 1.29 is 13.6 Å². The van der Waals surface area contributed by atoms with Crippen molar-refractivity contribution in [2.45, 2.75) is 18.0 Å². The third-order valence-electron chi connectivity index (χ3n) is 4.62. The van der Waals surface area contributed by atoms with E-state index in [-0.39, 0.29) is 41.1 Å². The first-order valence-electron chi connectivity index (χ1n) is 7.97. The maximum Gasteiger partial charge on any atom is 0.291 e. The van der Waals surface area contributed by atoms with E-state index in [0.717, 1.165) is 4.57 Å². The zero-order chi connectivity index (χ0) is 19.4. The van der Waals surface area contributed by atoms with Gasteiger partial charge in [-0.15, -0.1) is 0 Å². The van der Waals surface area contributed by atoms with E-state index in [1.165, 1.54) is 18.5 Å². The summed E-state index contributed by atoms with van der Waals surface area (Å²) in [4.78, 5) is 33.0. The van der Waals surface area contributed by atoms with Crippen LogP contribution < -0.4 is 27.2 Å². The van der Waals surface area contributed by atoms with Crippen molar-refractivity contribution in [3.63, 3.8) is 0 Å². The number of carbonyl (C=O) groups is 1. The van der Waals surface area contributed by atoms with Gasteiger partial charge in [0.05, 0.1) is 5.02 Å². The maximum absolute atomic E-state index is 14.8. The number of hydrogen-bond acceptors (Lipinski definition) is 7. The minimum absolute atomic E-state index is 0.0561. The van der Waals surface area contributed by atoms with E-state index >= 15 is 0 Å². The Bertz CT molecular complexity index is 1010. The molecule has 0 bridgehead atoms. The van der Waals surface area contributed by atoms with Gasteiger partial charge in [0, 0.05) is 25.6 Å². The minimum atomic E-state index is -3.36. The molecule has 1 amide bonds. The highest BCUT2D eigenvalue weighted by atomic mass is 35.5. The van der Waals surface area contributed by atoms with Crippen LogP contribution >= 0.6 is 11.6 Å². The number of aromatic nitrogens is 3. The number of hydrogen-bond donors (Lipinski definition) is 4. The molecule has 1 atom stereocenters. The predicted molar refractivity (Wildman–Crippen MR) is 93.3 cm³/mol. The summed E-state index contributed by atoms with van der Waals surface area (Å²) in [6, 6.07) is 2.56. The number of alkyl halides is 2. The fourth-order valence-electron chi connectivity index (χ4n) is 3.36. The summed E-state index contributed by atoms with van der Waals surface area (Å²) in [5.41, 5.74) is 2.07. The lowest BCUT2D eigenvalue weighted by molar-refractivity contribution is -0.138. The smallest absolute Gasteiger partial charge is 0.291 e. The molecule has 4 rings (SSSR count). The highest BCUT2D eigenvalue weighted by Crippen LogP contribution is 2.42. The standard InChI is InChI=1S/C15H14ClF2N7O2/c16-7-3-8(23-10-4-9(19)21-6-22-10)13(27)25-11(7)12(26)24-15(25)5-20-2-1-14(15,17)18/h3-4,6,20H,1-2,5H2,(H,24,26)(H3,19,21,22,23). The summed E-state index contributed by atoms with van der Waals surface area (Å²) in [5.74, 6) is -3.87. The summed E-state index contributed by atoms with van der Waals surface area (Å²) in [7, 11) is 0. The van der Waals surface area contributed by atoms with Gasteiger partial charge in [-0.25, -0.2) is 18.7 Å². The van der Waals surface area contributed by atoms with Gasteiger partial charge < -0.3 is 21.7 Å². The van der Waals surface area contributed by atoms with Gasteiger partial charge in [0.1, 0.15) is 29.3 Å². The van der Waals surface area contributed by atoms with Crippen LogP contribution in [0.15, 0.2) is 23.3 Å². The van der Waals surface area contributed by atoms with Crippen molar-refractivity contribution in [2.75, 3.05) is 24.1 Å². The van der Waals surface area contributed by atoms with E-state index < -0.39 is 29.5 Å². The Balaban J connectivity index is 1.90. The van der Waals surface area contributed by atoms with E-state index in [9.17, 15) is 18.4 Å². The van der Waals surface area contributed by atoms with Crippen molar-refractivity contribution in [1.29, 1.82) is 0 Å². The number of nitrogens with one attached hydrogen (secondary N) is 3. The number of amides is 1. The first-order chi connectivity index (χ1) is 12.7. The van der Waals surface area contributed by atoms with Gasteiger partial charge in [-0.2, -0.15) is 0 Å². The van der Waals surface area contributed by atoms with Crippen molar-refractivity contribution in [2.24, 2.45) is 0 Å². The van der Waals surface area contributed by atoms with Crippen LogP contribution in [0, 0.1) is 0 Å². The Labute approximate surface area is 155 Å². The van der Waals surface area contributed by atoms with Crippen LogP contribution in [0.2, 0.25) is 5.02 Å². The molecule has 1 saturated heterocycles. The van der Waals surface area contributed by atoms with E-state index in [0.29, 0.717) is 0 Å². The number of nitrogen functional groups attached to an aromatic ring is 1. The van der Waals surface area contributed by atoms with E-state index in [2.05, 4.69) is 25.9 Å². The lowest BCUT2D eigenvalue weighted by atomic mass is 9.95. The van der Waals surface area contributed by atoms with Crippen molar-refractivity contribution in [1.82, 2.24) is 25.2 Å². The van der Waals surface area contributed by atoms with Gasteiger partial charge in [0.15, 0.2) is 5.66 Å². The van der Waals surface area contributed by atoms with Gasteiger partial charge in [-0.1, -0.05) is 11.6 Å². The lowest BCUT2D eigenvalue weighted by Gasteiger charge is -2.42. The molecule has 142 valence electrons. The second-order valence-electron chi connectivity index (χ2n) is 6.29. The van der Waals surface area contributed by atoms with Gasteiger partial charge in [0.25, 0.3) is 17.4 Å². The summed E-state index contributed by atoms with van der Waals surface area (Å²) in [6.07, 6.45) is 0.632. The zero-order valence-electron chi connectivity index (χ0n) is 13.7. The monoisotopic (exact) mass is 397 g/mol. The van der Waals surface area contributed by atoms with E-state index in [1.807, 2.05) is 0 Å². The third kappa shape index (κ3) is 2.53. The summed E-state index contributed by atoms with van der Waals surface area (Å²) in [6.45, 7) is -0.264. The molecule has 0 saturated carbocycles. The molecule has 0 radical (unpaired) electrons. The molecular weight excluding hydrogens is 384 g/mol. The van der Waals surface area contributed by atoms with Crippen molar-refractivity contribution in [3.8, 4) is 0 Å². The second-order valence-corrected chi connectivity index (χ2v) is 6.70. The Kier molecular flexibility index (Phi) is 3.82. The normalized spacial score (nSPS) is 23.1. The molecule has 0 aliphatic carbocycles. The van der Waals surface area contributed by atoms with E-state index in [4.69, 9.17) is 17.3 Å². The number of pyridine rings is 1. The molecule has 27 heavy (non-hydrogen) atoms. The molecule has 1 spiro atoms. The predicted octanol–water partition coefficient (Wildman–Crippen LogP) is 0.642. The molecule has 2 aliphatic heterocycles. The lowest BCUT2D eigenvalue weighted by Crippen LogP contribution is -2.67. The fourth-order valence-corrected chi connectivity index (χ4v) is 3.64. The number of nitrogens with two attached hydrogens (primary N) is 1. The zero-order valence-corrected chi connectivity index (χ0v) is 14.5. The molecule has 1 unspecified atom stereocenters. The number of rotatable bonds is 2. The molecule has 5 N–H and O–H groups in total. The van der Waals surface area contributed by atoms with Crippen LogP contribution in [0.5, 0.6) is 0 Å². The SMILES string of the molecule is Nc1cc(Nc2cc(Cl)c3n(c2=O)C2(CNCCC2(F)F)NC3=O)ncn1. The molecule has 9 nitrogen and oxygen atoms in total. The molecule has 4 heterocycles.